The molecular formula is C18H21BrN4O3S. The van der Waals surface area contributed by atoms with Gasteiger partial charge in [-0.1, -0.05) is 34.1 Å². The summed E-state index contributed by atoms with van der Waals surface area (Å²) in [5.74, 6) is -0.540. The van der Waals surface area contributed by atoms with Crippen molar-refractivity contribution in [3.05, 3.63) is 58.6 Å². The van der Waals surface area contributed by atoms with Crippen molar-refractivity contribution in [1.29, 1.82) is 0 Å². The van der Waals surface area contributed by atoms with Crippen LogP contribution < -0.4 is 14.6 Å². The first-order valence-electron chi connectivity index (χ1n) is 7.99. The minimum absolute atomic E-state index is 0.369. The molecule has 1 N–H and O–H groups in total. The van der Waals surface area contributed by atoms with Gasteiger partial charge in [-0.25, -0.2) is 13.8 Å². The van der Waals surface area contributed by atoms with Crippen LogP contribution in [0.5, 0.6) is 0 Å². The van der Waals surface area contributed by atoms with Crippen LogP contribution in [0.2, 0.25) is 0 Å². The number of hydrogen-bond acceptors (Lipinski definition) is 5. The number of rotatable bonds is 7. The molecule has 0 spiro atoms. The Kier molecular flexibility index (Phi) is 6.98. The summed E-state index contributed by atoms with van der Waals surface area (Å²) in [4.78, 5) is 14.1. The first kappa shape index (κ1) is 20.9. The Labute approximate surface area is 167 Å². The molecule has 0 radical (unpaired) electrons. The summed E-state index contributed by atoms with van der Waals surface area (Å²) in [7, 11) is 0.268. The van der Waals surface area contributed by atoms with Crippen molar-refractivity contribution in [2.45, 2.75) is 0 Å². The van der Waals surface area contributed by atoms with E-state index in [0.717, 1.165) is 21.8 Å². The van der Waals surface area contributed by atoms with Gasteiger partial charge in [-0.15, -0.1) is 0 Å². The number of benzene rings is 2. The fourth-order valence-electron chi connectivity index (χ4n) is 2.23. The van der Waals surface area contributed by atoms with Gasteiger partial charge in [0.25, 0.3) is 5.91 Å². The van der Waals surface area contributed by atoms with E-state index in [1.807, 2.05) is 43.3 Å². The second-order valence-electron chi connectivity index (χ2n) is 6.03. The van der Waals surface area contributed by atoms with Crippen molar-refractivity contribution in [2.75, 3.05) is 36.1 Å². The second kappa shape index (κ2) is 9.01. The second-order valence-corrected chi connectivity index (χ2v) is 8.85. The fraction of sp³-hybridized carbons (Fsp3) is 0.222. The number of anilines is 2. The molecule has 0 unspecified atom stereocenters. The lowest BCUT2D eigenvalue weighted by Gasteiger charge is -2.21. The Balaban J connectivity index is 2.03. The molecule has 2 aromatic carbocycles. The first-order valence-corrected chi connectivity index (χ1v) is 10.6. The molecule has 2 rings (SSSR count). The van der Waals surface area contributed by atoms with Gasteiger partial charge in [-0.3, -0.25) is 9.10 Å². The standard InChI is InChI=1S/C18H21BrN4O3S/c1-22(2)16-9-7-14(8-10-16)12-20-21-18(24)13-23(27(3,25)26)17-6-4-5-15(19)11-17/h4-12H,13H2,1-3H3,(H,21,24)/b20-12-. The van der Waals surface area contributed by atoms with E-state index < -0.39 is 15.9 Å². The number of carbonyl (C=O) groups is 1. The van der Waals surface area contributed by atoms with Gasteiger partial charge in [0.1, 0.15) is 6.54 Å². The Morgan fingerprint density at radius 2 is 1.81 bits per heavy atom. The van der Waals surface area contributed by atoms with E-state index in [9.17, 15) is 13.2 Å². The Bertz CT molecular complexity index is 928. The maximum atomic E-state index is 12.1. The third-order valence-electron chi connectivity index (χ3n) is 3.60. The predicted octanol–water partition coefficient (Wildman–Crippen LogP) is 2.43. The van der Waals surface area contributed by atoms with Crippen LogP contribution in [0.25, 0.3) is 0 Å². The SMILES string of the molecule is CN(C)c1ccc(/C=N\NC(=O)CN(c2cccc(Br)c2)S(C)(=O)=O)cc1. The summed E-state index contributed by atoms with van der Waals surface area (Å²) in [5.41, 5.74) is 4.61. The molecular weight excluding hydrogens is 432 g/mol. The van der Waals surface area contributed by atoms with Crippen molar-refractivity contribution in [1.82, 2.24) is 5.43 Å². The number of hydrazone groups is 1. The van der Waals surface area contributed by atoms with Crippen LogP contribution in [-0.2, 0) is 14.8 Å². The maximum absolute atomic E-state index is 12.1. The summed E-state index contributed by atoms with van der Waals surface area (Å²) in [6, 6.07) is 14.3. The number of nitrogens with zero attached hydrogens (tertiary/aromatic N) is 3. The highest BCUT2D eigenvalue weighted by atomic mass is 79.9. The van der Waals surface area contributed by atoms with Gasteiger partial charge < -0.3 is 4.90 Å². The number of nitrogens with one attached hydrogen (secondary N) is 1. The number of hydrogen-bond donors (Lipinski definition) is 1. The molecule has 27 heavy (non-hydrogen) atoms. The highest BCUT2D eigenvalue weighted by Crippen LogP contribution is 2.21. The lowest BCUT2D eigenvalue weighted by atomic mass is 10.2. The molecule has 0 atom stereocenters. The van der Waals surface area contributed by atoms with Crippen molar-refractivity contribution in [3.63, 3.8) is 0 Å². The monoisotopic (exact) mass is 452 g/mol. The first-order chi connectivity index (χ1) is 12.7. The van der Waals surface area contributed by atoms with Crippen molar-refractivity contribution in [2.24, 2.45) is 5.10 Å². The molecule has 0 aliphatic rings. The Hall–Kier alpha value is -2.39. The lowest BCUT2D eigenvalue weighted by molar-refractivity contribution is -0.119. The van der Waals surface area contributed by atoms with Gasteiger partial charge in [-0.05, 0) is 35.9 Å². The normalized spacial score (nSPS) is 11.4. The van der Waals surface area contributed by atoms with Crippen molar-refractivity contribution >= 4 is 49.4 Å². The third kappa shape index (κ3) is 6.37. The van der Waals surface area contributed by atoms with Crippen LogP contribution >= 0.6 is 15.9 Å². The van der Waals surface area contributed by atoms with Gasteiger partial charge in [-0.2, -0.15) is 5.10 Å². The van der Waals surface area contributed by atoms with Gasteiger partial charge >= 0.3 is 0 Å². The molecule has 0 heterocycles. The van der Waals surface area contributed by atoms with Gasteiger partial charge in [0.15, 0.2) is 0 Å². The molecule has 144 valence electrons. The van der Waals surface area contributed by atoms with E-state index in [1.54, 1.807) is 24.3 Å². The summed E-state index contributed by atoms with van der Waals surface area (Å²) in [6.45, 7) is -0.369. The van der Waals surface area contributed by atoms with E-state index in [-0.39, 0.29) is 6.54 Å². The molecule has 0 aromatic heterocycles. The molecule has 0 aliphatic carbocycles. The zero-order chi connectivity index (χ0) is 20.0. The van der Waals surface area contributed by atoms with E-state index in [2.05, 4.69) is 26.5 Å². The van der Waals surface area contributed by atoms with E-state index >= 15 is 0 Å². The zero-order valence-electron chi connectivity index (χ0n) is 15.3. The van der Waals surface area contributed by atoms with Crippen LogP contribution in [0.1, 0.15) is 5.56 Å². The van der Waals surface area contributed by atoms with Crippen LogP contribution in [-0.4, -0.2) is 47.4 Å². The summed E-state index contributed by atoms with van der Waals surface area (Å²) >= 11 is 3.30. The van der Waals surface area contributed by atoms with Gasteiger partial charge in [0.2, 0.25) is 10.0 Å². The smallest absolute Gasteiger partial charge is 0.260 e. The molecule has 0 saturated carbocycles. The number of halogens is 1. The average Bonchev–Trinajstić information content (AvgIpc) is 2.59. The number of sulfonamides is 1. The van der Waals surface area contributed by atoms with Crippen LogP contribution in [0.15, 0.2) is 58.1 Å². The Morgan fingerprint density at radius 1 is 1.15 bits per heavy atom. The molecule has 0 saturated heterocycles. The van der Waals surface area contributed by atoms with E-state index in [4.69, 9.17) is 0 Å². The molecule has 7 nitrogen and oxygen atoms in total. The van der Waals surface area contributed by atoms with Crippen LogP contribution in [0.4, 0.5) is 11.4 Å². The summed E-state index contributed by atoms with van der Waals surface area (Å²) in [5, 5.41) is 3.89. The van der Waals surface area contributed by atoms with Crippen LogP contribution in [0, 0.1) is 0 Å². The molecule has 2 aromatic rings. The topological polar surface area (TPSA) is 82.1 Å². The quantitative estimate of drug-likeness (QED) is 0.516. The lowest BCUT2D eigenvalue weighted by Crippen LogP contribution is -2.39. The van der Waals surface area contributed by atoms with E-state index in [1.165, 1.54) is 6.21 Å². The van der Waals surface area contributed by atoms with Crippen LogP contribution in [0.3, 0.4) is 0 Å². The molecule has 0 bridgehead atoms. The molecule has 0 fully saturated rings. The highest BCUT2D eigenvalue weighted by Gasteiger charge is 2.20. The number of carbonyl (C=O) groups excluding carboxylic acids is 1. The minimum atomic E-state index is -3.62. The van der Waals surface area contributed by atoms with Gasteiger partial charge in [0.05, 0.1) is 18.2 Å². The van der Waals surface area contributed by atoms with E-state index in [0.29, 0.717) is 10.2 Å². The summed E-state index contributed by atoms with van der Waals surface area (Å²) < 4.78 is 25.8. The predicted molar refractivity (Wildman–Crippen MR) is 113 cm³/mol. The summed E-state index contributed by atoms with van der Waals surface area (Å²) in [6.07, 6.45) is 2.55. The number of amides is 1. The molecule has 9 heteroatoms. The zero-order valence-corrected chi connectivity index (χ0v) is 17.7. The van der Waals surface area contributed by atoms with Crippen molar-refractivity contribution in [3.8, 4) is 0 Å². The van der Waals surface area contributed by atoms with Gasteiger partial charge in [0, 0.05) is 24.3 Å². The highest BCUT2D eigenvalue weighted by molar-refractivity contribution is 9.10. The Morgan fingerprint density at radius 3 is 2.37 bits per heavy atom. The molecule has 0 aliphatic heterocycles. The largest absolute Gasteiger partial charge is 0.378 e. The molecule has 1 amide bonds. The fourth-order valence-corrected chi connectivity index (χ4v) is 3.47. The average molecular weight is 453 g/mol. The third-order valence-corrected chi connectivity index (χ3v) is 5.23. The maximum Gasteiger partial charge on any atom is 0.260 e. The van der Waals surface area contributed by atoms with Crippen molar-refractivity contribution < 1.29 is 13.2 Å². The minimum Gasteiger partial charge on any atom is -0.378 e.